The number of hydrogen-bond acceptors (Lipinski definition) is 6. The number of hydrogen-bond donors (Lipinski definition) is 3. The lowest BCUT2D eigenvalue weighted by Crippen LogP contribution is -2.37. The molecule has 0 saturated carbocycles. The van der Waals surface area contributed by atoms with Crippen molar-refractivity contribution < 1.29 is 13.2 Å². The molecule has 9 heteroatoms. The zero-order valence-corrected chi connectivity index (χ0v) is 18.8. The molecule has 0 saturated heterocycles. The molecule has 1 amide bonds. The van der Waals surface area contributed by atoms with E-state index in [-0.39, 0.29) is 17.7 Å². The molecule has 0 aliphatic heterocycles. The maximum absolute atomic E-state index is 12.4. The quantitative estimate of drug-likeness (QED) is 0.469. The van der Waals surface area contributed by atoms with Crippen LogP contribution in [0.3, 0.4) is 0 Å². The summed E-state index contributed by atoms with van der Waals surface area (Å²) in [5.74, 6) is -0.206. The highest BCUT2D eigenvalue weighted by Crippen LogP contribution is 2.25. The number of rotatable bonds is 9. The van der Waals surface area contributed by atoms with Gasteiger partial charge < -0.3 is 10.6 Å². The molecule has 30 heavy (non-hydrogen) atoms. The van der Waals surface area contributed by atoms with Crippen molar-refractivity contribution in [3.63, 3.8) is 0 Å². The van der Waals surface area contributed by atoms with Crippen LogP contribution in [0, 0.1) is 0 Å². The van der Waals surface area contributed by atoms with Crippen molar-refractivity contribution >= 4 is 42.6 Å². The van der Waals surface area contributed by atoms with Crippen LogP contribution in [0.25, 0.3) is 10.2 Å². The van der Waals surface area contributed by atoms with E-state index < -0.39 is 16.1 Å². The van der Waals surface area contributed by atoms with Crippen LogP contribution in [0.2, 0.25) is 0 Å². The Morgan fingerprint density at radius 3 is 2.37 bits per heavy atom. The SMILES string of the molecule is CC(C)NS(=O)(=O)Cc1ccc(CNC(=O)C(C)Nc2nc3ccccc3s2)cc1. The molecule has 0 bridgehead atoms. The summed E-state index contributed by atoms with van der Waals surface area (Å²) in [6.07, 6.45) is 0. The number of carbonyl (C=O) groups excluding carboxylic acids is 1. The molecule has 0 aliphatic carbocycles. The minimum absolute atomic E-state index is 0.0685. The monoisotopic (exact) mass is 446 g/mol. The number of anilines is 1. The Balaban J connectivity index is 1.51. The van der Waals surface area contributed by atoms with Gasteiger partial charge in [0.15, 0.2) is 5.13 Å². The first-order valence-electron chi connectivity index (χ1n) is 9.69. The molecule has 3 N–H and O–H groups in total. The Morgan fingerprint density at radius 1 is 1.03 bits per heavy atom. The van der Waals surface area contributed by atoms with Crippen LogP contribution in [-0.4, -0.2) is 31.4 Å². The minimum atomic E-state index is -3.36. The van der Waals surface area contributed by atoms with Gasteiger partial charge in [-0.15, -0.1) is 0 Å². The van der Waals surface area contributed by atoms with Crippen LogP contribution < -0.4 is 15.4 Å². The highest BCUT2D eigenvalue weighted by molar-refractivity contribution is 7.88. The van der Waals surface area contributed by atoms with Crippen LogP contribution in [-0.2, 0) is 27.1 Å². The maximum Gasteiger partial charge on any atom is 0.242 e. The van der Waals surface area contributed by atoms with Crippen LogP contribution in [0.4, 0.5) is 5.13 Å². The number of aromatic nitrogens is 1. The van der Waals surface area contributed by atoms with Gasteiger partial charge in [-0.3, -0.25) is 4.79 Å². The summed E-state index contributed by atoms with van der Waals surface area (Å²) in [5.41, 5.74) is 2.50. The zero-order valence-electron chi connectivity index (χ0n) is 17.2. The number of carbonyl (C=O) groups is 1. The van der Waals surface area contributed by atoms with Gasteiger partial charge in [0.05, 0.1) is 16.0 Å². The fraction of sp³-hybridized carbons (Fsp3) is 0.333. The van der Waals surface area contributed by atoms with Crippen molar-refractivity contribution in [2.24, 2.45) is 0 Å². The Hall–Kier alpha value is -2.49. The number of thiazole rings is 1. The Labute approximate surface area is 181 Å². The molecule has 3 aromatic rings. The Kier molecular flexibility index (Phi) is 7.06. The molecule has 1 heterocycles. The summed E-state index contributed by atoms with van der Waals surface area (Å²) in [6.45, 7) is 5.73. The van der Waals surface area contributed by atoms with Crippen molar-refractivity contribution in [3.05, 3.63) is 59.7 Å². The number of amides is 1. The normalized spacial score (nSPS) is 12.8. The Bertz CT molecular complexity index is 1080. The number of sulfonamides is 1. The van der Waals surface area contributed by atoms with Crippen molar-refractivity contribution in [2.45, 2.75) is 45.2 Å². The fourth-order valence-electron chi connectivity index (χ4n) is 2.90. The molecular formula is C21H26N4O3S2. The number of nitrogens with zero attached hydrogens (tertiary/aromatic N) is 1. The Morgan fingerprint density at radius 2 is 1.70 bits per heavy atom. The van der Waals surface area contributed by atoms with Gasteiger partial charge >= 0.3 is 0 Å². The average molecular weight is 447 g/mol. The minimum Gasteiger partial charge on any atom is -0.350 e. The molecule has 3 rings (SSSR count). The second-order valence-electron chi connectivity index (χ2n) is 7.42. The van der Waals surface area contributed by atoms with Crippen molar-refractivity contribution in [2.75, 3.05) is 5.32 Å². The van der Waals surface area contributed by atoms with Gasteiger partial charge in [-0.25, -0.2) is 18.1 Å². The first-order chi connectivity index (χ1) is 14.2. The van der Waals surface area contributed by atoms with Crippen LogP contribution in [0.1, 0.15) is 31.9 Å². The summed E-state index contributed by atoms with van der Waals surface area (Å²) < 4.78 is 27.7. The molecule has 1 aromatic heterocycles. The van der Waals surface area contributed by atoms with E-state index in [2.05, 4.69) is 20.3 Å². The van der Waals surface area contributed by atoms with Gasteiger partial charge in [0.25, 0.3) is 0 Å². The van der Waals surface area contributed by atoms with Gasteiger partial charge in [-0.2, -0.15) is 0 Å². The van der Waals surface area contributed by atoms with Crippen molar-refractivity contribution in [1.82, 2.24) is 15.0 Å². The molecule has 0 spiro atoms. The standard InChI is InChI=1S/C21H26N4O3S2/c1-14(2)25-30(27,28)13-17-10-8-16(9-11-17)12-22-20(26)15(3)23-21-24-18-6-4-5-7-19(18)29-21/h4-11,14-15,25H,12-13H2,1-3H3,(H,22,26)(H,23,24). The average Bonchev–Trinajstić information content (AvgIpc) is 3.08. The molecule has 2 aromatic carbocycles. The van der Waals surface area contributed by atoms with E-state index in [9.17, 15) is 13.2 Å². The molecular weight excluding hydrogens is 420 g/mol. The van der Waals surface area contributed by atoms with E-state index in [1.165, 1.54) is 11.3 Å². The number of fused-ring (bicyclic) bond motifs is 1. The highest BCUT2D eigenvalue weighted by Gasteiger charge is 2.15. The predicted octanol–water partition coefficient (Wildman–Crippen LogP) is 3.24. The second kappa shape index (κ2) is 9.55. The summed E-state index contributed by atoms with van der Waals surface area (Å²) in [4.78, 5) is 16.9. The lowest BCUT2D eigenvalue weighted by molar-refractivity contribution is -0.121. The van der Waals surface area contributed by atoms with Gasteiger partial charge in [0, 0.05) is 12.6 Å². The van der Waals surface area contributed by atoms with Gasteiger partial charge in [0.1, 0.15) is 6.04 Å². The summed E-state index contributed by atoms with van der Waals surface area (Å²) in [7, 11) is -3.36. The second-order valence-corrected chi connectivity index (χ2v) is 10.2. The van der Waals surface area contributed by atoms with Crippen LogP contribution in [0.15, 0.2) is 48.5 Å². The number of benzene rings is 2. The highest BCUT2D eigenvalue weighted by atomic mass is 32.2. The van der Waals surface area contributed by atoms with Crippen molar-refractivity contribution in [3.8, 4) is 0 Å². The van der Waals surface area contributed by atoms with Crippen LogP contribution in [0.5, 0.6) is 0 Å². The first kappa shape index (κ1) is 22.2. The summed E-state index contributed by atoms with van der Waals surface area (Å²) in [6, 6.07) is 14.4. The summed E-state index contributed by atoms with van der Waals surface area (Å²) >= 11 is 1.51. The molecule has 1 unspecified atom stereocenters. The van der Waals surface area contributed by atoms with E-state index in [4.69, 9.17) is 0 Å². The molecule has 160 valence electrons. The largest absolute Gasteiger partial charge is 0.350 e. The van der Waals surface area contributed by atoms with Crippen molar-refractivity contribution in [1.29, 1.82) is 0 Å². The molecule has 0 aliphatic rings. The maximum atomic E-state index is 12.4. The van der Waals surface area contributed by atoms with E-state index in [1.54, 1.807) is 32.9 Å². The van der Waals surface area contributed by atoms with E-state index >= 15 is 0 Å². The van der Waals surface area contributed by atoms with E-state index in [0.717, 1.165) is 15.8 Å². The van der Waals surface area contributed by atoms with E-state index in [0.29, 0.717) is 17.2 Å². The number of para-hydroxylation sites is 1. The third kappa shape index (κ3) is 6.25. The van der Waals surface area contributed by atoms with E-state index in [1.807, 2.05) is 36.4 Å². The molecule has 7 nitrogen and oxygen atoms in total. The lowest BCUT2D eigenvalue weighted by Gasteiger charge is -2.13. The number of nitrogens with one attached hydrogen (secondary N) is 3. The van der Waals surface area contributed by atoms with Gasteiger partial charge in [0.2, 0.25) is 15.9 Å². The molecule has 0 radical (unpaired) electrons. The topological polar surface area (TPSA) is 100 Å². The predicted molar refractivity (Wildman–Crippen MR) is 122 cm³/mol. The molecule has 0 fully saturated rings. The zero-order chi connectivity index (χ0) is 21.7. The molecule has 1 atom stereocenters. The fourth-order valence-corrected chi connectivity index (χ4v) is 5.29. The summed E-state index contributed by atoms with van der Waals surface area (Å²) in [5, 5.41) is 6.74. The third-order valence-corrected chi connectivity index (χ3v) is 6.80. The first-order valence-corrected chi connectivity index (χ1v) is 12.2. The van der Waals surface area contributed by atoms with Gasteiger partial charge in [-0.1, -0.05) is 47.7 Å². The van der Waals surface area contributed by atoms with Gasteiger partial charge in [-0.05, 0) is 44.0 Å². The van der Waals surface area contributed by atoms with Crippen LogP contribution >= 0.6 is 11.3 Å². The smallest absolute Gasteiger partial charge is 0.242 e. The lowest BCUT2D eigenvalue weighted by atomic mass is 10.1. The third-order valence-electron chi connectivity index (χ3n) is 4.29.